The van der Waals surface area contributed by atoms with E-state index < -0.39 is 0 Å². The van der Waals surface area contributed by atoms with Crippen molar-refractivity contribution in [1.29, 1.82) is 0 Å². The van der Waals surface area contributed by atoms with E-state index in [4.69, 9.17) is 0 Å². The predicted molar refractivity (Wildman–Crippen MR) is 89.4 cm³/mol. The van der Waals surface area contributed by atoms with Crippen LogP contribution in [0.2, 0.25) is 0 Å². The fourth-order valence-electron chi connectivity index (χ4n) is 3.77. The van der Waals surface area contributed by atoms with E-state index in [1.165, 1.54) is 41.5 Å². The molecule has 0 saturated heterocycles. The average molecular weight is 290 g/mol. The van der Waals surface area contributed by atoms with Crippen LogP contribution in [0.4, 0.5) is 0 Å². The summed E-state index contributed by atoms with van der Waals surface area (Å²) < 4.78 is 0. The van der Waals surface area contributed by atoms with Gasteiger partial charge in [-0.1, -0.05) is 42.0 Å². The van der Waals surface area contributed by atoms with Crippen LogP contribution in [0.15, 0.2) is 42.5 Å². The summed E-state index contributed by atoms with van der Waals surface area (Å²) in [5, 5.41) is 0. The largest absolute Gasteiger partial charge is 0.294 e. The van der Waals surface area contributed by atoms with Gasteiger partial charge in [0.25, 0.3) is 0 Å². The number of aryl methyl sites for hydroxylation is 3. The second kappa shape index (κ2) is 5.39. The van der Waals surface area contributed by atoms with Crippen LogP contribution >= 0.6 is 0 Å². The second-order valence-corrected chi connectivity index (χ2v) is 6.91. The number of fused-ring (bicyclic) bond motifs is 1. The van der Waals surface area contributed by atoms with Gasteiger partial charge in [-0.2, -0.15) is 0 Å². The third kappa shape index (κ3) is 2.49. The minimum absolute atomic E-state index is 0.198. The predicted octanol–water partition coefficient (Wildman–Crippen LogP) is 4.86. The number of ketones is 1. The van der Waals surface area contributed by atoms with Crippen LogP contribution in [-0.4, -0.2) is 5.78 Å². The standard InChI is InChI=1S/C21H22O/c1-14-6-8-16(9-7-14)19-13-20(19)21(22)18-11-10-15-4-2-3-5-17(15)12-18/h6-12,19-20H,2-5,13H2,1H3. The minimum atomic E-state index is 0.198. The zero-order chi connectivity index (χ0) is 15.1. The molecule has 2 atom stereocenters. The number of rotatable bonds is 3. The van der Waals surface area contributed by atoms with Gasteiger partial charge in [0, 0.05) is 11.5 Å². The normalized spacial score (nSPS) is 23.0. The molecule has 1 fully saturated rings. The van der Waals surface area contributed by atoms with E-state index in [0.717, 1.165) is 18.4 Å². The monoisotopic (exact) mass is 290 g/mol. The lowest BCUT2D eigenvalue weighted by atomic mass is 9.89. The second-order valence-electron chi connectivity index (χ2n) is 6.91. The Balaban J connectivity index is 1.52. The molecule has 2 aromatic carbocycles. The topological polar surface area (TPSA) is 17.1 Å². The maximum Gasteiger partial charge on any atom is 0.166 e. The van der Waals surface area contributed by atoms with E-state index in [-0.39, 0.29) is 5.92 Å². The molecule has 0 aromatic heterocycles. The van der Waals surface area contributed by atoms with Gasteiger partial charge in [0.05, 0.1) is 0 Å². The summed E-state index contributed by atoms with van der Waals surface area (Å²) in [5.74, 6) is 0.979. The van der Waals surface area contributed by atoms with Crippen LogP contribution in [0.25, 0.3) is 0 Å². The summed E-state index contributed by atoms with van der Waals surface area (Å²) in [6.45, 7) is 2.10. The van der Waals surface area contributed by atoms with Crippen LogP contribution in [0.1, 0.15) is 57.8 Å². The lowest BCUT2D eigenvalue weighted by Gasteiger charge is -2.16. The van der Waals surface area contributed by atoms with Crippen molar-refractivity contribution >= 4 is 5.78 Å². The first-order valence-corrected chi connectivity index (χ1v) is 8.45. The highest BCUT2D eigenvalue weighted by molar-refractivity contribution is 6.00. The molecule has 0 heterocycles. The summed E-state index contributed by atoms with van der Waals surface area (Å²) in [4.78, 5) is 12.7. The Morgan fingerprint density at radius 2 is 1.68 bits per heavy atom. The van der Waals surface area contributed by atoms with E-state index >= 15 is 0 Å². The van der Waals surface area contributed by atoms with E-state index in [1.807, 2.05) is 0 Å². The minimum Gasteiger partial charge on any atom is -0.294 e. The van der Waals surface area contributed by atoms with Crippen molar-refractivity contribution in [1.82, 2.24) is 0 Å². The highest BCUT2D eigenvalue weighted by Gasteiger charge is 2.44. The summed E-state index contributed by atoms with van der Waals surface area (Å²) in [6, 6.07) is 15.1. The summed E-state index contributed by atoms with van der Waals surface area (Å²) in [7, 11) is 0. The van der Waals surface area contributed by atoms with Crippen LogP contribution in [-0.2, 0) is 12.8 Å². The molecule has 0 radical (unpaired) electrons. The van der Waals surface area contributed by atoms with Crippen molar-refractivity contribution in [2.45, 2.75) is 44.9 Å². The zero-order valence-corrected chi connectivity index (χ0v) is 13.1. The summed E-state index contributed by atoms with van der Waals surface area (Å²) >= 11 is 0. The van der Waals surface area contributed by atoms with Crippen LogP contribution < -0.4 is 0 Å². The van der Waals surface area contributed by atoms with Crippen LogP contribution in [0.5, 0.6) is 0 Å². The summed E-state index contributed by atoms with van der Waals surface area (Å²) in [6.07, 6.45) is 5.89. The van der Waals surface area contributed by atoms with Crippen molar-refractivity contribution in [3.63, 3.8) is 0 Å². The Morgan fingerprint density at radius 3 is 2.45 bits per heavy atom. The van der Waals surface area contributed by atoms with E-state index in [9.17, 15) is 4.79 Å². The fraction of sp³-hybridized carbons (Fsp3) is 0.381. The fourth-order valence-corrected chi connectivity index (χ4v) is 3.77. The van der Waals surface area contributed by atoms with E-state index in [1.54, 1.807) is 0 Å². The molecular formula is C21H22O. The molecule has 0 N–H and O–H groups in total. The number of Topliss-reactive ketones (excluding diaryl/α,β-unsaturated/α-hetero) is 1. The molecule has 0 bridgehead atoms. The molecule has 0 spiro atoms. The molecule has 2 aliphatic carbocycles. The SMILES string of the molecule is Cc1ccc(C2CC2C(=O)c2ccc3c(c2)CCCC3)cc1. The Kier molecular flexibility index (Phi) is 3.37. The number of hydrogen-bond acceptors (Lipinski definition) is 1. The number of hydrogen-bond donors (Lipinski definition) is 0. The van der Waals surface area contributed by atoms with Gasteiger partial charge in [-0.25, -0.2) is 0 Å². The molecule has 1 nitrogen and oxygen atoms in total. The van der Waals surface area contributed by atoms with Crippen molar-refractivity contribution < 1.29 is 4.79 Å². The van der Waals surface area contributed by atoms with E-state index in [2.05, 4.69) is 49.4 Å². The third-order valence-electron chi connectivity index (χ3n) is 5.27. The Bertz CT molecular complexity index is 711. The number of carbonyl (C=O) groups is 1. The van der Waals surface area contributed by atoms with Crippen molar-refractivity contribution in [3.05, 3.63) is 70.3 Å². The van der Waals surface area contributed by atoms with Crippen molar-refractivity contribution in [2.24, 2.45) is 5.92 Å². The van der Waals surface area contributed by atoms with E-state index in [0.29, 0.717) is 11.7 Å². The van der Waals surface area contributed by atoms with Crippen molar-refractivity contribution in [3.8, 4) is 0 Å². The Labute approximate surface area is 132 Å². The van der Waals surface area contributed by atoms with Gasteiger partial charge in [0.15, 0.2) is 5.78 Å². The first kappa shape index (κ1) is 13.8. The third-order valence-corrected chi connectivity index (χ3v) is 5.27. The zero-order valence-electron chi connectivity index (χ0n) is 13.1. The molecule has 1 heteroatoms. The molecule has 2 aliphatic rings. The molecule has 2 unspecified atom stereocenters. The van der Waals surface area contributed by atoms with Gasteiger partial charge in [-0.05, 0) is 67.7 Å². The Hall–Kier alpha value is -1.89. The van der Waals surface area contributed by atoms with Gasteiger partial charge < -0.3 is 0 Å². The smallest absolute Gasteiger partial charge is 0.166 e. The molecule has 2 aromatic rings. The number of benzene rings is 2. The Morgan fingerprint density at radius 1 is 0.955 bits per heavy atom. The molecule has 4 rings (SSSR count). The highest BCUT2D eigenvalue weighted by atomic mass is 16.1. The lowest BCUT2D eigenvalue weighted by Crippen LogP contribution is -2.08. The first-order chi connectivity index (χ1) is 10.7. The van der Waals surface area contributed by atoms with Crippen LogP contribution in [0, 0.1) is 12.8 Å². The van der Waals surface area contributed by atoms with Crippen molar-refractivity contribution in [2.75, 3.05) is 0 Å². The van der Waals surface area contributed by atoms with Gasteiger partial charge in [0.1, 0.15) is 0 Å². The quantitative estimate of drug-likeness (QED) is 0.738. The summed E-state index contributed by atoms with van der Waals surface area (Å²) in [5.41, 5.74) is 6.39. The maximum atomic E-state index is 12.7. The molecule has 112 valence electrons. The average Bonchev–Trinajstić information content (AvgIpc) is 3.35. The van der Waals surface area contributed by atoms with Gasteiger partial charge >= 0.3 is 0 Å². The molecule has 1 saturated carbocycles. The number of carbonyl (C=O) groups excluding carboxylic acids is 1. The molecular weight excluding hydrogens is 268 g/mol. The molecule has 22 heavy (non-hydrogen) atoms. The van der Waals surface area contributed by atoms with Gasteiger partial charge in [0.2, 0.25) is 0 Å². The van der Waals surface area contributed by atoms with Crippen LogP contribution in [0.3, 0.4) is 0 Å². The molecule has 0 amide bonds. The first-order valence-electron chi connectivity index (χ1n) is 8.45. The highest BCUT2D eigenvalue weighted by Crippen LogP contribution is 2.49. The van der Waals surface area contributed by atoms with Gasteiger partial charge in [-0.3, -0.25) is 4.79 Å². The maximum absolute atomic E-state index is 12.7. The molecule has 0 aliphatic heterocycles. The van der Waals surface area contributed by atoms with Gasteiger partial charge in [-0.15, -0.1) is 0 Å². The lowest BCUT2D eigenvalue weighted by molar-refractivity contribution is 0.0965.